The summed E-state index contributed by atoms with van der Waals surface area (Å²) in [5.41, 5.74) is 0.220. The van der Waals surface area contributed by atoms with Gasteiger partial charge in [0.05, 0.1) is 5.56 Å². The van der Waals surface area contributed by atoms with Crippen molar-refractivity contribution in [2.24, 2.45) is 0 Å². The molecule has 1 heterocycles. The molecule has 1 aliphatic heterocycles. The van der Waals surface area contributed by atoms with E-state index >= 15 is 0 Å². The Kier molecular flexibility index (Phi) is 4.61. The number of fused-ring (bicyclic) bond motifs is 1. The number of carbonyl (C=O) groups excluding carboxylic acids is 1. The van der Waals surface area contributed by atoms with Crippen molar-refractivity contribution in [1.29, 1.82) is 0 Å². The van der Waals surface area contributed by atoms with Gasteiger partial charge in [0.2, 0.25) is 0 Å². The Balaban J connectivity index is 0.000000845. The molecule has 1 amide bonds. The summed E-state index contributed by atoms with van der Waals surface area (Å²) in [7, 11) is -3.55. The molecule has 0 fully saturated rings. The molecule has 1 aliphatic rings. The molecule has 0 saturated carbocycles. The van der Waals surface area contributed by atoms with Crippen molar-refractivity contribution >= 4 is 15.9 Å². The Labute approximate surface area is 110 Å². The second kappa shape index (κ2) is 4.63. The zero-order valence-electron chi connectivity index (χ0n) is 7.32. The van der Waals surface area contributed by atoms with Gasteiger partial charge in [-0.15, -0.1) is 0 Å². The maximum Gasteiger partial charge on any atom is 1.00 e. The molecule has 0 atom stereocenters. The van der Waals surface area contributed by atoms with Gasteiger partial charge in [-0.3, -0.25) is 4.79 Å². The molecule has 7 heteroatoms. The van der Waals surface area contributed by atoms with Crippen LogP contribution >= 0.6 is 0 Å². The van der Waals surface area contributed by atoms with Crippen molar-refractivity contribution in [3.05, 3.63) is 29.8 Å². The van der Waals surface area contributed by atoms with E-state index < -0.39 is 15.9 Å². The molecule has 0 unspecified atom stereocenters. The topological polar surface area (TPSA) is 63.2 Å². The Hall–Kier alpha value is -0.0700. The Morgan fingerprint density at radius 2 is 1.71 bits per heavy atom. The molecular weight excluding hydrogens is 237 g/mol. The number of rotatable bonds is 0. The number of amides is 1. The normalized spacial score (nSPS) is 15.9. The molecule has 70 valence electrons. The largest absolute Gasteiger partial charge is 1.00 e. The molecule has 0 spiro atoms. The average Bonchev–Trinajstić information content (AvgIpc) is 2.25. The number of hydrogen-bond donors (Lipinski definition) is 1. The average molecular weight is 242 g/mol. The quantitative estimate of drug-likeness (QED) is 0.460. The molecule has 2 rings (SSSR count). The number of nitrogens with one attached hydrogen (secondary N) is 1. The zero-order chi connectivity index (χ0) is 8.77. The molecule has 1 N–H and O–H groups in total. The van der Waals surface area contributed by atoms with E-state index in [1.807, 2.05) is 4.72 Å². The van der Waals surface area contributed by atoms with Crippen molar-refractivity contribution in [1.82, 2.24) is 4.72 Å². The monoisotopic (exact) mass is 241 g/mol. The summed E-state index contributed by atoms with van der Waals surface area (Å²) in [5.74, 6) is -0.550. The smallest absolute Gasteiger partial charge is 1.00 e. The van der Waals surface area contributed by atoms with Crippen molar-refractivity contribution < 1.29 is 55.2 Å². The Morgan fingerprint density at radius 3 is 2.29 bits per heavy atom. The van der Waals surface area contributed by atoms with Gasteiger partial charge in [0.1, 0.15) is 4.90 Å². The molecule has 0 aliphatic carbocycles. The van der Waals surface area contributed by atoms with Crippen LogP contribution in [0, 0.1) is 0 Å². The van der Waals surface area contributed by atoms with Crippen LogP contribution in [0.2, 0.25) is 0 Å². The van der Waals surface area contributed by atoms with E-state index in [0.717, 1.165) is 0 Å². The van der Waals surface area contributed by atoms with Crippen LogP contribution in [0.1, 0.15) is 10.4 Å². The zero-order valence-corrected chi connectivity index (χ0v) is 10.9. The van der Waals surface area contributed by atoms with Gasteiger partial charge in [0.25, 0.3) is 15.9 Å². The van der Waals surface area contributed by atoms with Crippen molar-refractivity contribution in [3.63, 3.8) is 0 Å². The summed E-state index contributed by atoms with van der Waals surface area (Å²) in [5, 5.41) is 0. The van der Waals surface area contributed by atoms with E-state index in [9.17, 15) is 13.2 Å². The van der Waals surface area contributed by atoms with E-state index in [1.165, 1.54) is 12.1 Å². The second-order valence-electron chi connectivity index (χ2n) is 2.43. The maximum atomic E-state index is 11.1. The van der Waals surface area contributed by atoms with Crippen molar-refractivity contribution in [2.45, 2.75) is 4.90 Å². The Morgan fingerprint density at radius 1 is 1.14 bits per heavy atom. The minimum Gasteiger partial charge on any atom is -1.00 e. The summed E-state index contributed by atoms with van der Waals surface area (Å²) in [6.07, 6.45) is 0. The minimum atomic E-state index is -3.55. The number of sulfonamides is 1. The first kappa shape index (κ1) is 13.9. The van der Waals surface area contributed by atoms with E-state index in [1.54, 1.807) is 12.1 Å². The summed E-state index contributed by atoms with van der Waals surface area (Å²) in [4.78, 5) is 11.1. The fourth-order valence-corrected chi connectivity index (χ4v) is 2.29. The van der Waals surface area contributed by atoms with Crippen LogP contribution in [0.3, 0.4) is 0 Å². The molecule has 0 aromatic heterocycles. The summed E-state index contributed by atoms with van der Waals surface area (Å²) in [6.45, 7) is 0. The third-order valence-electron chi connectivity index (χ3n) is 1.65. The van der Waals surface area contributed by atoms with Gasteiger partial charge in [-0.2, -0.15) is 0 Å². The number of halogens is 1. The molecule has 1 aromatic rings. The SMILES string of the molecule is O=C1NS(=O)(=O)c2ccccc21.[Cl-].[Na+]. The first-order valence-corrected chi connectivity index (χ1v) is 4.76. The standard InChI is InChI=1S/C7H5NO3S.ClH.Na/c9-7-5-3-1-2-4-6(5)12(10,11)8-7;;/h1-4H,(H,8,9);1H;/q;;+1/p-1. The van der Waals surface area contributed by atoms with Crippen LogP contribution in [-0.4, -0.2) is 14.3 Å². The summed E-state index contributed by atoms with van der Waals surface area (Å²) in [6, 6.07) is 6.09. The van der Waals surface area contributed by atoms with Gasteiger partial charge in [-0.05, 0) is 12.1 Å². The fraction of sp³-hybridized carbons (Fsp3) is 0. The summed E-state index contributed by atoms with van der Waals surface area (Å²) < 4.78 is 24.2. The van der Waals surface area contributed by atoms with E-state index in [4.69, 9.17) is 0 Å². The number of hydrogen-bond acceptors (Lipinski definition) is 3. The van der Waals surface area contributed by atoms with Crippen LogP contribution in [-0.2, 0) is 10.0 Å². The summed E-state index contributed by atoms with van der Waals surface area (Å²) >= 11 is 0. The van der Waals surface area contributed by atoms with Gasteiger partial charge in [-0.25, -0.2) is 13.1 Å². The molecule has 0 radical (unpaired) electrons. The molecule has 0 saturated heterocycles. The molecule has 0 bridgehead atoms. The van der Waals surface area contributed by atoms with Crippen molar-refractivity contribution in [3.8, 4) is 0 Å². The number of carbonyl (C=O) groups is 1. The third kappa shape index (κ3) is 2.12. The van der Waals surface area contributed by atoms with Gasteiger partial charge >= 0.3 is 29.6 Å². The van der Waals surface area contributed by atoms with E-state index in [2.05, 4.69) is 0 Å². The van der Waals surface area contributed by atoms with Crippen LogP contribution < -0.4 is 46.7 Å². The van der Waals surface area contributed by atoms with Gasteiger partial charge < -0.3 is 12.4 Å². The molecular formula is C7H5ClNNaO3S. The Bertz CT molecular complexity index is 460. The first-order chi connectivity index (χ1) is 5.61. The van der Waals surface area contributed by atoms with E-state index in [0.29, 0.717) is 0 Å². The number of benzene rings is 1. The van der Waals surface area contributed by atoms with Crippen LogP contribution in [0.25, 0.3) is 0 Å². The minimum absolute atomic E-state index is 0. The third-order valence-corrected chi connectivity index (χ3v) is 3.04. The van der Waals surface area contributed by atoms with Crippen LogP contribution in [0.5, 0.6) is 0 Å². The van der Waals surface area contributed by atoms with Crippen LogP contribution in [0.15, 0.2) is 29.2 Å². The predicted octanol–water partition coefficient (Wildman–Crippen LogP) is -5.87. The maximum absolute atomic E-state index is 11.1. The van der Waals surface area contributed by atoms with Crippen molar-refractivity contribution in [2.75, 3.05) is 0 Å². The van der Waals surface area contributed by atoms with Gasteiger partial charge in [0, 0.05) is 0 Å². The van der Waals surface area contributed by atoms with Gasteiger partial charge in [0.15, 0.2) is 0 Å². The molecule has 4 nitrogen and oxygen atoms in total. The predicted molar refractivity (Wildman–Crippen MR) is 41.1 cm³/mol. The second-order valence-corrected chi connectivity index (χ2v) is 4.08. The van der Waals surface area contributed by atoms with Gasteiger partial charge in [-0.1, -0.05) is 12.1 Å². The van der Waals surface area contributed by atoms with E-state index in [-0.39, 0.29) is 52.4 Å². The fourth-order valence-electron chi connectivity index (χ4n) is 1.12. The first-order valence-electron chi connectivity index (χ1n) is 3.27. The molecule has 1 aromatic carbocycles. The molecule has 14 heavy (non-hydrogen) atoms. The van der Waals surface area contributed by atoms with Crippen LogP contribution in [0.4, 0.5) is 0 Å².